The molecule has 5 nitrogen and oxygen atoms in total. The van der Waals surface area contributed by atoms with E-state index in [1.54, 1.807) is 4.90 Å². The molecule has 0 spiro atoms. The number of β-amino-alcohol motifs (C(OH)–C–C–N with tert-alkyl or cyclic N) is 1. The summed E-state index contributed by atoms with van der Waals surface area (Å²) in [5, 5.41) is 10.9. The number of hydrogen-bond acceptors (Lipinski definition) is 4. The number of nitrogens with zero attached hydrogens (tertiary/aromatic N) is 2. The van der Waals surface area contributed by atoms with Crippen LogP contribution in [0.5, 0.6) is 0 Å². The molecule has 0 aromatic heterocycles. The Labute approximate surface area is 140 Å². The fourth-order valence-electron chi connectivity index (χ4n) is 4.47. The Bertz CT molecular complexity index is 426. The lowest BCUT2D eigenvalue weighted by atomic mass is 9.91. The third kappa shape index (κ3) is 4.18. The van der Waals surface area contributed by atoms with Gasteiger partial charge in [-0.1, -0.05) is 6.42 Å². The van der Waals surface area contributed by atoms with Gasteiger partial charge in [-0.05, 0) is 58.3 Å². The number of carbonyl (C=O) groups is 1. The van der Waals surface area contributed by atoms with Crippen molar-refractivity contribution in [2.45, 2.75) is 64.1 Å². The first-order chi connectivity index (χ1) is 10.7. The molecule has 0 aromatic carbocycles. The molecule has 0 aromatic rings. The van der Waals surface area contributed by atoms with Crippen LogP contribution in [0.25, 0.3) is 0 Å². The molecule has 1 amide bonds. The molecule has 1 aliphatic carbocycles. The predicted octanol–water partition coefficient (Wildman–Crippen LogP) is 2.48. The molecular formula is C18H32N2O3. The molecule has 1 N–H and O–H groups in total. The lowest BCUT2D eigenvalue weighted by Crippen LogP contribution is -2.52. The standard InChI is InChI=1S/C18H32N2O3/c1-17(2,3)23-16(21)20-9-7-18(22,8-10-20)13-19-11-14-5-4-6-15(14)12-19/h14-15,22H,4-13H2,1-3H3. The van der Waals surface area contributed by atoms with Crippen molar-refractivity contribution < 1.29 is 14.6 Å². The molecule has 3 rings (SSSR count). The highest BCUT2D eigenvalue weighted by molar-refractivity contribution is 5.68. The molecule has 2 unspecified atom stereocenters. The van der Waals surface area contributed by atoms with Gasteiger partial charge in [-0.15, -0.1) is 0 Å². The highest BCUT2D eigenvalue weighted by atomic mass is 16.6. The zero-order chi connectivity index (χ0) is 16.7. The summed E-state index contributed by atoms with van der Waals surface area (Å²) in [6, 6.07) is 0. The number of piperidine rings is 1. The predicted molar refractivity (Wildman–Crippen MR) is 89.3 cm³/mol. The Hall–Kier alpha value is -0.810. The summed E-state index contributed by atoms with van der Waals surface area (Å²) in [6.07, 6.45) is 5.17. The van der Waals surface area contributed by atoms with Crippen LogP contribution in [0.4, 0.5) is 4.79 Å². The SMILES string of the molecule is CC(C)(C)OC(=O)N1CCC(O)(CN2CC3CCCC3C2)CC1. The van der Waals surface area contributed by atoms with E-state index in [-0.39, 0.29) is 6.09 Å². The minimum Gasteiger partial charge on any atom is -0.444 e. The van der Waals surface area contributed by atoms with Crippen LogP contribution in [0.1, 0.15) is 52.9 Å². The molecule has 2 atom stereocenters. The van der Waals surface area contributed by atoms with Crippen molar-refractivity contribution in [2.75, 3.05) is 32.7 Å². The Morgan fingerprint density at radius 3 is 2.26 bits per heavy atom. The van der Waals surface area contributed by atoms with Crippen LogP contribution in [0.3, 0.4) is 0 Å². The average molecular weight is 324 g/mol. The van der Waals surface area contributed by atoms with Crippen molar-refractivity contribution in [3.8, 4) is 0 Å². The van der Waals surface area contributed by atoms with Gasteiger partial charge in [0, 0.05) is 32.7 Å². The number of aliphatic hydroxyl groups is 1. The van der Waals surface area contributed by atoms with Crippen LogP contribution in [0.2, 0.25) is 0 Å². The van der Waals surface area contributed by atoms with E-state index in [0.717, 1.165) is 31.5 Å². The van der Waals surface area contributed by atoms with Gasteiger partial charge in [-0.25, -0.2) is 4.79 Å². The van der Waals surface area contributed by atoms with Gasteiger partial charge in [0.2, 0.25) is 0 Å². The third-order valence-corrected chi connectivity index (χ3v) is 5.67. The number of likely N-dealkylation sites (tertiary alicyclic amines) is 2. The molecule has 2 heterocycles. The van der Waals surface area contributed by atoms with Crippen molar-refractivity contribution in [1.82, 2.24) is 9.80 Å². The van der Waals surface area contributed by atoms with E-state index in [2.05, 4.69) is 4.90 Å². The van der Waals surface area contributed by atoms with E-state index >= 15 is 0 Å². The fourth-order valence-corrected chi connectivity index (χ4v) is 4.47. The van der Waals surface area contributed by atoms with E-state index in [1.807, 2.05) is 20.8 Å². The summed E-state index contributed by atoms with van der Waals surface area (Å²) in [5.41, 5.74) is -1.10. The maximum absolute atomic E-state index is 12.1. The van der Waals surface area contributed by atoms with Crippen LogP contribution in [-0.2, 0) is 4.74 Å². The minimum absolute atomic E-state index is 0.254. The Morgan fingerprint density at radius 1 is 1.17 bits per heavy atom. The van der Waals surface area contributed by atoms with E-state index in [1.165, 1.54) is 19.3 Å². The fraction of sp³-hybridized carbons (Fsp3) is 0.944. The quantitative estimate of drug-likeness (QED) is 0.848. The molecular weight excluding hydrogens is 292 g/mol. The average Bonchev–Trinajstić information content (AvgIpc) is 2.97. The highest BCUT2D eigenvalue weighted by Gasteiger charge is 2.41. The van der Waals surface area contributed by atoms with Crippen LogP contribution < -0.4 is 0 Å². The summed E-state index contributed by atoms with van der Waals surface area (Å²) in [6.45, 7) is 9.91. The van der Waals surface area contributed by atoms with Crippen molar-refractivity contribution in [3.05, 3.63) is 0 Å². The van der Waals surface area contributed by atoms with E-state index in [0.29, 0.717) is 25.9 Å². The molecule has 23 heavy (non-hydrogen) atoms. The molecule has 5 heteroatoms. The molecule has 0 bridgehead atoms. The summed E-state index contributed by atoms with van der Waals surface area (Å²) in [4.78, 5) is 16.3. The first-order valence-corrected chi connectivity index (χ1v) is 9.17. The number of hydrogen-bond donors (Lipinski definition) is 1. The largest absolute Gasteiger partial charge is 0.444 e. The zero-order valence-electron chi connectivity index (χ0n) is 14.9. The second-order valence-corrected chi connectivity index (χ2v) is 8.84. The molecule has 3 aliphatic rings. The summed E-state index contributed by atoms with van der Waals surface area (Å²) >= 11 is 0. The van der Waals surface area contributed by atoms with Crippen LogP contribution in [-0.4, -0.2) is 64.9 Å². The summed E-state index contributed by atoms with van der Waals surface area (Å²) in [5.74, 6) is 1.72. The zero-order valence-corrected chi connectivity index (χ0v) is 14.9. The molecule has 132 valence electrons. The summed E-state index contributed by atoms with van der Waals surface area (Å²) in [7, 11) is 0. The van der Waals surface area contributed by atoms with Gasteiger partial charge in [0.1, 0.15) is 5.60 Å². The number of amides is 1. The van der Waals surface area contributed by atoms with Crippen molar-refractivity contribution in [1.29, 1.82) is 0 Å². The highest BCUT2D eigenvalue weighted by Crippen LogP contribution is 2.38. The van der Waals surface area contributed by atoms with Crippen LogP contribution >= 0.6 is 0 Å². The third-order valence-electron chi connectivity index (χ3n) is 5.67. The number of fused-ring (bicyclic) bond motifs is 1. The van der Waals surface area contributed by atoms with Crippen molar-refractivity contribution in [2.24, 2.45) is 11.8 Å². The molecule has 0 radical (unpaired) electrons. The first kappa shape index (κ1) is 17.0. The van der Waals surface area contributed by atoms with E-state index in [9.17, 15) is 9.90 Å². The number of rotatable bonds is 2. The monoisotopic (exact) mass is 324 g/mol. The normalized spacial score (nSPS) is 31.2. The second kappa shape index (κ2) is 6.25. The maximum atomic E-state index is 12.1. The number of carbonyl (C=O) groups excluding carboxylic acids is 1. The molecule has 1 saturated carbocycles. The number of ether oxygens (including phenoxy) is 1. The Kier molecular flexibility index (Phi) is 4.62. The molecule has 3 fully saturated rings. The lowest BCUT2D eigenvalue weighted by Gasteiger charge is -2.40. The van der Waals surface area contributed by atoms with Gasteiger partial charge in [0.15, 0.2) is 0 Å². The van der Waals surface area contributed by atoms with Gasteiger partial charge in [0.05, 0.1) is 5.60 Å². The van der Waals surface area contributed by atoms with Crippen LogP contribution in [0, 0.1) is 11.8 Å². The Balaban J connectivity index is 1.47. The molecule has 2 aliphatic heterocycles. The van der Waals surface area contributed by atoms with E-state index in [4.69, 9.17) is 4.74 Å². The first-order valence-electron chi connectivity index (χ1n) is 9.17. The topological polar surface area (TPSA) is 53.0 Å². The van der Waals surface area contributed by atoms with Gasteiger partial charge in [-0.3, -0.25) is 4.90 Å². The van der Waals surface area contributed by atoms with Gasteiger partial charge < -0.3 is 14.7 Å². The van der Waals surface area contributed by atoms with Gasteiger partial charge >= 0.3 is 6.09 Å². The second-order valence-electron chi connectivity index (χ2n) is 8.84. The van der Waals surface area contributed by atoms with Gasteiger partial charge in [-0.2, -0.15) is 0 Å². The van der Waals surface area contributed by atoms with Crippen molar-refractivity contribution in [3.63, 3.8) is 0 Å². The van der Waals surface area contributed by atoms with Crippen molar-refractivity contribution >= 4 is 6.09 Å². The maximum Gasteiger partial charge on any atom is 0.410 e. The van der Waals surface area contributed by atoms with Crippen LogP contribution in [0.15, 0.2) is 0 Å². The Morgan fingerprint density at radius 2 is 1.74 bits per heavy atom. The summed E-state index contributed by atoms with van der Waals surface area (Å²) < 4.78 is 5.42. The van der Waals surface area contributed by atoms with E-state index < -0.39 is 11.2 Å². The molecule has 2 saturated heterocycles. The van der Waals surface area contributed by atoms with Gasteiger partial charge in [0.25, 0.3) is 0 Å². The minimum atomic E-state index is -0.642. The lowest BCUT2D eigenvalue weighted by molar-refractivity contribution is -0.0479. The smallest absolute Gasteiger partial charge is 0.410 e.